The van der Waals surface area contributed by atoms with Gasteiger partial charge in [0.2, 0.25) is 23.5 Å². The summed E-state index contributed by atoms with van der Waals surface area (Å²) in [6, 6.07) is 21.9. The van der Waals surface area contributed by atoms with E-state index in [-0.39, 0.29) is 29.6 Å². The van der Waals surface area contributed by atoms with E-state index >= 15 is 0 Å². The molecule has 8 nitrogen and oxygen atoms in total. The molecule has 0 aromatic heterocycles. The molecule has 3 aromatic rings. The number of aliphatic hydroxyl groups excluding tert-OH is 1. The third-order valence-electron chi connectivity index (χ3n) is 7.35. The van der Waals surface area contributed by atoms with Crippen LogP contribution in [0.5, 0.6) is 0 Å². The first-order chi connectivity index (χ1) is 20.5. The Balaban J connectivity index is 0.000000217. The number of hydrogen-bond acceptors (Lipinski definition) is 4. The summed E-state index contributed by atoms with van der Waals surface area (Å²) in [4.78, 5) is 33.0. The standard InChI is InChI=1S/C22H19ClO3.C11H16ClN5/c23-16-11-9-14(10-12-16)13-5-7-15(8-6-13)19-20(24)17-3-1-2-4-18(17)21(25)22(19)26;1-7(2)15-10(13)17-11(14)16-9-5-3-8(12)4-6-9/h1-4,9-13,15,24H,5-8H2;3-7H,1-2H3,(H5,13,14,15,16,17). The van der Waals surface area contributed by atoms with Crippen LogP contribution in [-0.4, -0.2) is 34.6 Å². The molecule has 10 heteroatoms. The second-order valence-electron chi connectivity index (χ2n) is 10.8. The number of benzene rings is 3. The summed E-state index contributed by atoms with van der Waals surface area (Å²) >= 11 is 11.7. The topological polar surface area (TPSA) is 143 Å². The quantitative estimate of drug-likeness (QED) is 0.139. The van der Waals surface area contributed by atoms with Crippen molar-refractivity contribution in [1.29, 1.82) is 0 Å². The molecule has 0 unspecified atom stereocenters. The molecular weight excluding hydrogens is 585 g/mol. The maximum atomic E-state index is 12.6. The van der Waals surface area contributed by atoms with Gasteiger partial charge in [-0.3, -0.25) is 9.59 Å². The van der Waals surface area contributed by atoms with Crippen molar-refractivity contribution in [3.8, 4) is 0 Å². The maximum absolute atomic E-state index is 12.6. The second kappa shape index (κ2) is 14.4. The molecule has 0 bridgehead atoms. The zero-order valence-electron chi connectivity index (χ0n) is 24.1. The Hall–Kier alpha value is -4.14. The number of nitrogens with one attached hydrogen (secondary N) is 1. The summed E-state index contributed by atoms with van der Waals surface area (Å²) in [6.07, 6.45) is 3.42. The molecule has 1 saturated carbocycles. The number of hydrogen-bond donors (Lipinski definition) is 4. The van der Waals surface area contributed by atoms with Crippen molar-refractivity contribution in [2.45, 2.75) is 51.5 Å². The van der Waals surface area contributed by atoms with E-state index in [2.05, 4.69) is 27.4 Å². The van der Waals surface area contributed by atoms with Gasteiger partial charge in [0.05, 0.1) is 0 Å². The predicted octanol–water partition coefficient (Wildman–Crippen LogP) is 7.14. The zero-order valence-corrected chi connectivity index (χ0v) is 25.6. The molecule has 5 rings (SSSR count). The lowest BCUT2D eigenvalue weighted by Gasteiger charge is -2.31. The van der Waals surface area contributed by atoms with Gasteiger partial charge in [0.1, 0.15) is 5.76 Å². The fourth-order valence-electron chi connectivity index (χ4n) is 5.34. The van der Waals surface area contributed by atoms with Crippen LogP contribution in [0.15, 0.2) is 88.4 Å². The van der Waals surface area contributed by atoms with Crippen LogP contribution in [0, 0.1) is 5.92 Å². The fourth-order valence-corrected chi connectivity index (χ4v) is 5.59. The van der Waals surface area contributed by atoms with Gasteiger partial charge < -0.3 is 21.9 Å². The van der Waals surface area contributed by atoms with E-state index in [4.69, 9.17) is 34.7 Å². The molecule has 0 heterocycles. The summed E-state index contributed by atoms with van der Waals surface area (Å²) in [7, 11) is 0. The first kappa shape index (κ1) is 31.8. The minimum absolute atomic E-state index is 0.0138. The van der Waals surface area contributed by atoms with E-state index < -0.39 is 11.6 Å². The van der Waals surface area contributed by atoms with Crippen molar-refractivity contribution in [1.82, 2.24) is 0 Å². The highest BCUT2D eigenvalue weighted by atomic mass is 35.5. The zero-order chi connectivity index (χ0) is 31.1. The van der Waals surface area contributed by atoms with Crippen LogP contribution in [0.1, 0.15) is 66.9 Å². The minimum atomic E-state index is -0.545. The van der Waals surface area contributed by atoms with Crippen LogP contribution in [0.4, 0.5) is 5.69 Å². The summed E-state index contributed by atoms with van der Waals surface area (Å²) in [5.41, 5.74) is 14.4. The lowest BCUT2D eigenvalue weighted by molar-refractivity contribution is -0.112. The average Bonchev–Trinajstić information content (AvgIpc) is 2.98. The first-order valence-electron chi connectivity index (χ1n) is 14.1. The van der Waals surface area contributed by atoms with Gasteiger partial charge in [-0.05, 0) is 93.3 Å². The van der Waals surface area contributed by atoms with Gasteiger partial charge in [-0.1, -0.05) is 59.6 Å². The molecule has 2 aliphatic rings. The highest BCUT2D eigenvalue weighted by Crippen LogP contribution is 2.42. The Morgan fingerprint density at radius 2 is 1.35 bits per heavy atom. The molecule has 0 atom stereocenters. The number of carbonyl (C=O) groups is 2. The second-order valence-corrected chi connectivity index (χ2v) is 11.6. The number of halogens is 2. The molecule has 0 saturated heterocycles. The van der Waals surface area contributed by atoms with Crippen molar-refractivity contribution in [2.75, 3.05) is 5.32 Å². The number of ketones is 2. The molecule has 0 spiro atoms. The van der Waals surface area contributed by atoms with Crippen LogP contribution in [-0.2, 0) is 4.79 Å². The van der Waals surface area contributed by atoms with Gasteiger partial charge in [0, 0.05) is 38.5 Å². The predicted molar refractivity (Wildman–Crippen MR) is 175 cm³/mol. The summed E-state index contributed by atoms with van der Waals surface area (Å²) in [5.74, 6) is -0.367. The monoisotopic (exact) mass is 619 g/mol. The highest BCUT2D eigenvalue weighted by Gasteiger charge is 2.38. The summed E-state index contributed by atoms with van der Waals surface area (Å²) in [5, 5.41) is 14.9. The largest absolute Gasteiger partial charge is 0.507 e. The van der Waals surface area contributed by atoms with Crippen LogP contribution in [0.2, 0.25) is 10.0 Å². The summed E-state index contributed by atoms with van der Waals surface area (Å²) in [6.45, 7) is 3.82. The van der Waals surface area contributed by atoms with Crippen LogP contribution >= 0.6 is 23.2 Å². The number of nitrogens with two attached hydrogens (primary N) is 2. The van der Waals surface area contributed by atoms with Gasteiger partial charge in [0.25, 0.3) is 0 Å². The summed E-state index contributed by atoms with van der Waals surface area (Å²) < 4.78 is 0. The Morgan fingerprint density at radius 1 is 0.814 bits per heavy atom. The third kappa shape index (κ3) is 8.24. The number of Topliss-reactive ketones (excluding diaryl/α,β-unsaturated/α-hetero) is 2. The van der Waals surface area contributed by atoms with Gasteiger partial charge in [0.15, 0.2) is 0 Å². The van der Waals surface area contributed by atoms with E-state index in [1.54, 1.807) is 48.5 Å². The highest BCUT2D eigenvalue weighted by molar-refractivity contribution is 6.52. The maximum Gasteiger partial charge on any atom is 0.234 e. The number of nitrogens with zero attached hydrogens (tertiary/aromatic N) is 2. The van der Waals surface area contributed by atoms with Gasteiger partial charge in [-0.25, -0.2) is 4.99 Å². The smallest absolute Gasteiger partial charge is 0.234 e. The van der Waals surface area contributed by atoms with E-state index in [1.807, 2.05) is 26.0 Å². The molecule has 6 N–H and O–H groups in total. The van der Waals surface area contributed by atoms with Crippen molar-refractivity contribution < 1.29 is 14.7 Å². The van der Waals surface area contributed by atoms with E-state index in [9.17, 15) is 14.7 Å². The number of rotatable bonds is 4. The van der Waals surface area contributed by atoms with Crippen LogP contribution in [0.3, 0.4) is 0 Å². The fraction of sp³-hybridized carbons (Fsp3) is 0.273. The number of fused-ring (bicyclic) bond motifs is 1. The molecule has 2 aliphatic carbocycles. The first-order valence-corrected chi connectivity index (χ1v) is 14.9. The number of anilines is 1. The number of aliphatic hydroxyl groups is 1. The lowest BCUT2D eigenvalue weighted by Crippen LogP contribution is -2.29. The minimum Gasteiger partial charge on any atom is -0.507 e. The number of guanidine groups is 2. The number of carbonyl (C=O) groups excluding carboxylic acids is 2. The average molecular weight is 621 g/mol. The van der Waals surface area contributed by atoms with E-state index in [1.165, 1.54) is 5.56 Å². The van der Waals surface area contributed by atoms with Crippen molar-refractivity contribution in [3.63, 3.8) is 0 Å². The van der Waals surface area contributed by atoms with Crippen molar-refractivity contribution in [3.05, 3.63) is 105 Å². The van der Waals surface area contributed by atoms with Gasteiger partial charge in [-0.2, -0.15) is 4.99 Å². The van der Waals surface area contributed by atoms with Crippen LogP contribution < -0.4 is 16.8 Å². The SMILES string of the molecule is CC(C)N=C(N)/N=C(\N)Nc1ccc(Cl)cc1.O=C1C(=O)c2ccccc2C(O)=C1C1CCC(c2ccc(Cl)cc2)CC1. The normalized spacial score (nSPS) is 19.1. The molecule has 3 aromatic carbocycles. The Morgan fingerprint density at radius 3 is 1.93 bits per heavy atom. The Kier molecular flexibility index (Phi) is 10.6. The van der Waals surface area contributed by atoms with Gasteiger partial charge >= 0.3 is 0 Å². The molecule has 0 aliphatic heterocycles. The van der Waals surface area contributed by atoms with Crippen LogP contribution in [0.25, 0.3) is 5.76 Å². The van der Waals surface area contributed by atoms with E-state index in [0.29, 0.717) is 27.6 Å². The van der Waals surface area contributed by atoms with Gasteiger partial charge in [-0.15, -0.1) is 0 Å². The Bertz CT molecular complexity index is 1560. The molecule has 43 heavy (non-hydrogen) atoms. The van der Waals surface area contributed by atoms with E-state index in [0.717, 1.165) is 36.4 Å². The number of aliphatic imine (C=N–C) groups is 2. The molecule has 0 radical (unpaired) electrons. The van der Waals surface area contributed by atoms with Crippen molar-refractivity contribution >= 4 is 58.1 Å². The molecule has 0 amide bonds. The lowest BCUT2D eigenvalue weighted by atomic mass is 9.72. The van der Waals surface area contributed by atoms with Crippen molar-refractivity contribution in [2.24, 2.45) is 27.4 Å². The molecule has 224 valence electrons. The molecule has 1 fully saturated rings. The molecular formula is C33H35Cl2N5O3. The third-order valence-corrected chi connectivity index (χ3v) is 7.86. The number of allylic oxidation sites excluding steroid dienone is 1. The Labute approximate surface area is 261 Å².